The topological polar surface area (TPSA) is 35.0 Å². The summed E-state index contributed by atoms with van der Waals surface area (Å²) in [6.45, 7) is 0. The highest BCUT2D eigenvalue weighted by molar-refractivity contribution is 6.17. The van der Waals surface area contributed by atoms with Crippen molar-refractivity contribution in [1.29, 1.82) is 0 Å². The Hall–Kier alpha value is -1.32. The predicted molar refractivity (Wildman–Crippen MR) is 73.1 cm³/mol. The minimum absolute atomic E-state index is 0.316. The van der Waals surface area contributed by atoms with E-state index in [0.29, 0.717) is 11.8 Å². The standard InChI is InChI=1S/C13H12Cl2N2O/c1-18-11-4-2-9(3-5-11)12-6-10(7-14)16-17-13(12)8-15/h2-6H,7-8H2,1H3. The molecule has 0 aliphatic carbocycles. The van der Waals surface area contributed by atoms with Gasteiger partial charge in [-0.15, -0.1) is 23.2 Å². The van der Waals surface area contributed by atoms with Crippen LogP contribution in [0.1, 0.15) is 11.4 Å². The first-order valence-corrected chi connectivity index (χ1v) is 6.47. The van der Waals surface area contributed by atoms with Gasteiger partial charge in [-0.1, -0.05) is 12.1 Å². The molecule has 2 aromatic rings. The number of hydrogen-bond acceptors (Lipinski definition) is 3. The van der Waals surface area contributed by atoms with E-state index in [1.54, 1.807) is 7.11 Å². The monoisotopic (exact) mass is 282 g/mol. The number of aromatic nitrogens is 2. The fourth-order valence-corrected chi connectivity index (χ4v) is 1.97. The highest BCUT2D eigenvalue weighted by Gasteiger charge is 2.08. The Bertz CT molecular complexity index is 529. The van der Waals surface area contributed by atoms with Crippen molar-refractivity contribution in [3.8, 4) is 16.9 Å². The van der Waals surface area contributed by atoms with Gasteiger partial charge in [-0.25, -0.2) is 0 Å². The SMILES string of the molecule is COc1ccc(-c2cc(CCl)nnc2CCl)cc1. The summed E-state index contributed by atoms with van der Waals surface area (Å²) >= 11 is 11.6. The van der Waals surface area contributed by atoms with Crippen LogP contribution in [0.3, 0.4) is 0 Å². The van der Waals surface area contributed by atoms with Crippen LogP contribution in [0.2, 0.25) is 0 Å². The molecule has 0 spiro atoms. The molecule has 1 aromatic heterocycles. The van der Waals surface area contributed by atoms with Crippen LogP contribution in [0.15, 0.2) is 30.3 Å². The van der Waals surface area contributed by atoms with Crippen molar-refractivity contribution in [2.75, 3.05) is 7.11 Å². The molecule has 5 heteroatoms. The van der Waals surface area contributed by atoms with Gasteiger partial charge in [0.05, 0.1) is 30.3 Å². The van der Waals surface area contributed by atoms with E-state index in [-0.39, 0.29) is 0 Å². The first-order valence-electron chi connectivity index (χ1n) is 5.40. The molecule has 0 saturated carbocycles. The largest absolute Gasteiger partial charge is 0.497 e. The number of halogens is 2. The van der Waals surface area contributed by atoms with Crippen LogP contribution in [0.4, 0.5) is 0 Å². The molecule has 1 aromatic carbocycles. The molecule has 0 aliphatic rings. The van der Waals surface area contributed by atoms with Crippen LogP contribution < -0.4 is 4.74 Å². The Labute approximate surface area is 116 Å². The maximum Gasteiger partial charge on any atom is 0.118 e. The molecule has 0 amide bonds. The summed E-state index contributed by atoms with van der Waals surface area (Å²) in [7, 11) is 1.64. The van der Waals surface area contributed by atoms with Crippen molar-refractivity contribution >= 4 is 23.2 Å². The summed E-state index contributed by atoms with van der Waals surface area (Å²) in [5, 5.41) is 8.09. The van der Waals surface area contributed by atoms with Crippen molar-refractivity contribution in [2.45, 2.75) is 11.8 Å². The van der Waals surface area contributed by atoms with Crippen LogP contribution in [0, 0.1) is 0 Å². The number of ether oxygens (including phenoxy) is 1. The molecular weight excluding hydrogens is 271 g/mol. The maximum absolute atomic E-state index is 5.88. The van der Waals surface area contributed by atoms with Crippen LogP contribution in [-0.2, 0) is 11.8 Å². The molecule has 3 nitrogen and oxygen atoms in total. The van der Waals surface area contributed by atoms with E-state index in [2.05, 4.69) is 10.2 Å². The third-order valence-corrected chi connectivity index (χ3v) is 3.11. The van der Waals surface area contributed by atoms with E-state index < -0.39 is 0 Å². The van der Waals surface area contributed by atoms with Gasteiger partial charge in [0.2, 0.25) is 0 Å². The second kappa shape index (κ2) is 6.03. The summed E-state index contributed by atoms with van der Waals surface area (Å²) in [4.78, 5) is 0. The lowest BCUT2D eigenvalue weighted by atomic mass is 10.0. The number of methoxy groups -OCH3 is 1. The fourth-order valence-electron chi connectivity index (χ4n) is 1.64. The Morgan fingerprint density at radius 2 is 1.78 bits per heavy atom. The summed E-state index contributed by atoms with van der Waals surface area (Å²) in [6, 6.07) is 9.63. The summed E-state index contributed by atoms with van der Waals surface area (Å²) in [6.07, 6.45) is 0. The van der Waals surface area contributed by atoms with Gasteiger partial charge >= 0.3 is 0 Å². The van der Waals surface area contributed by atoms with Gasteiger partial charge in [-0.3, -0.25) is 0 Å². The molecule has 18 heavy (non-hydrogen) atoms. The van der Waals surface area contributed by atoms with Crippen LogP contribution in [0.5, 0.6) is 5.75 Å². The molecule has 0 unspecified atom stereocenters. The van der Waals surface area contributed by atoms with E-state index >= 15 is 0 Å². The van der Waals surface area contributed by atoms with E-state index in [1.807, 2.05) is 30.3 Å². The van der Waals surface area contributed by atoms with Crippen LogP contribution >= 0.6 is 23.2 Å². The van der Waals surface area contributed by atoms with E-state index in [1.165, 1.54) is 0 Å². The number of alkyl halides is 2. The molecule has 2 rings (SSSR count). The highest BCUT2D eigenvalue weighted by Crippen LogP contribution is 2.26. The third-order valence-electron chi connectivity index (χ3n) is 2.59. The zero-order valence-electron chi connectivity index (χ0n) is 9.86. The molecule has 0 bridgehead atoms. The summed E-state index contributed by atoms with van der Waals surface area (Å²) in [5.41, 5.74) is 3.46. The van der Waals surface area contributed by atoms with Gasteiger partial charge in [0.15, 0.2) is 0 Å². The van der Waals surface area contributed by atoms with Gasteiger partial charge in [0.25, 0.3) is 0 Å². The quantitative estimate of drug-likeness (QED) is 0.804. The molecule has 94 valence electrons. The lowest BCUT2D eigenvalue weighted by Crippen LogP contribution is -1.98. The Morgan fingerprint density at radius 1 is 1.06 bits per heavy atom. The van der Waals surface area contributed by atoms with Crippen molar-refractivity contribution in [2.24, 2.45) is 0 Å². The maximum atomic E-state index is 5.88. The van der Waals surface area contributed by atoms with Crippen LogP contribution in [-0.4, -0.2) is 17.3 Å². The number of benzene rings is 1. The smallest absolute Gasteiger partial charge is 0.118 e. The second-order valence-electron chi connectivity index (χ2n) is 3.69. The van der Waals surface area contributed by atoms with Crippen LogP contribution in [0.25, 0.3) is 11.1 Å². The Kier molecular flexibility index (Phi) is 4.39. The van der Waals surface area contributed by atoms with E-state index in [9.17, 15) is 0 Å². The lowest BCUT2D eigenvalue weighted by molar-refractivity contribution is 0.415. The predicted octanol–water partition coefficient (Wildman–Crippen LogP) is 3.63. The Morgan fingerprint density at radius 3 is 2.33 bits per heavy atom. The van der Waals surface area contributed by atoms with E-state index in [0.717, 1.165) is 28.3 Å². The second-order valence-corrected chi connectivity index (χ2v) is 4.23. The van der Waals surface area contributed by atoms with Gasteiger partial charge in [0.1, 0.15) is 5.75 Å². The number of hydrogen-bond donors (Lipinski definition) is 0. The minimum Gasteiger partial charge on any atom is -0.497 e. The van der Waals surface area contributed by atoms with Gasteiger partial charge in [-0.2, -0.15) is 10.2 Å². The van der Waals surface area contributed by atoms with Gasteiger partial charge in [0, 0.05) is 5.56 Å². The van der Waals surface area contributed by atoms with Crippen molar-refractivity contribution < 1.29 is 4.74 Å². The van der Waals surface area contributed by atoms with Crippen molar-refractivity contribution in [1.82, 2.24) is 10.2 Å². The molecule has 0 fully saturated rings. The number of nitrogens with zero attached hydrogens (tertiary/aromatic N) is 2. The van der Waals surface area contributed by atoms with Gasteiger partial charge < -0.3 is 4.74 Å². The summed E-state index contributed by atoms with van der Waals surface area (Å²) in [5.74, 6) is 1.46. The molecule has 0 aliphatic heterocycles. The first-order chi connectivity index (χ1) is 8.78. The average Bonchev–Trinajstić information content (AvgIpc) is 2.46. The molecular formula is C13H12Cl2N2O. The zero-order valence-corrected chi connectivity index (χ0v) is 11.4. The molecule has 1 heterocycles. The molecule has 0 radical (unpaired) electrons. The minimum atomic E-state index is 0.316. The van der Waals surface area contributed by atoms with Gasteiger partial charge in [-0.05, 0) is 23.8 Å². The number of rotatable bonds is 4. The molecule has 0 saturated heterocycles. The molecule has 0 atom stereocenters. The first kappa shape index (κ1) is 13.1. The Balaban J connectivity index is 2.46. The van der Waals surface area contributed by atoms with Crippen molar-refractivity contribution in [3.05, 3.63) is 41.7 Å². The average molecular weight is 283 g/mol. The molecule has 0 N–H and O–H groups in total. The summed E-state index contributed by atoms with van der Waals surface area (Å²) < 4.78 is 5.13. The third kappa shape index (κ3) is 2.74. The van der Waals surface area contributed by atoms with Crippen molar-refractivity contribution in [3.63, 3.8) is 0 Å². The lowest BCUT2D eigenvalue weighted by Gasteiger charge is -2.08. The normalized spacial score (nSPS) is 10.4. The fraction of sp³-hybridized carbons (Fsp3) is 0.231. The highest BCUT2D eigenvalue weighted by atomic mass is 35.5. The zero-order chi connectivity index (χ0) is 13.0. The van der Waals surface area contributed by atoms with E-state index in [4.69, 9.17) is 27.9 Å².